The third-order valence-corrected chi connectivity index (χ3v) is 4.47. The second kappa shape index (κ2) is 6.67. The molecule has 21 heavy (non-hydrogen) atoms. The van der Waals surface area contributed by atoms with Gasteiger partial charge in [-0.1, -0.05) is 18.5 Å². The van der Waals surface area contributed by atoms with Gasteiger partial charge in [0.15, 0.2) is 0 Å². The van der Waals surface area contributed by atoms with Crippen molar-refractivity contribution in [2.45, 2.75) is 44.8 Å². The van der Waals surface area contributed by atoms with Crippen molar-refractivity contribution in [2.75, 3.05) is 18.1 Å². The molecule has 1 aromatic rings. The van der Waals surface area contributed by atoms with Crippen molar-refractivity contribution in [1.29, 1.82) is 0 Å². The van der Waals surface area contributed by atoms with Crippen LogP contribution >= 0.6 is 11.6 Å². The van der Waals surface area contributed by atoms with Crippen LogP contribution in [0.1, 0.15) is 33.1 Å². The van der Waals surface area contributed by atoms with Crippen molar-refractivity contribution in [2.24, 2.45) is 0 Å². The molecule has 0 aliphatic carbocycles. The van der Waals surface area contributed by atoms with E-state index >= 15 is 0 Å². The maximum Gasteiger partial charge on any atom is 0.323 e. The summed E-state index contributed by atoms with van der Waals surface area (Å²) in [4.78, 5) is 13.2. The van der Waals surface area contributed by atoms with Crippen LogP contribution in [-0.4, -0.2) is 35.9 Å². The van der Waals surface area contributed by atoms with E-state index in [4.69, 9.17) is 16.3 Å². The van der Waals surface area contributed by atoms with Gasteiger partial charge in [0.25, 0.3) is 0 Å². The zero-order chi connectivity index (χ0) is 15.5. The number of carboxylic acids is 1. The fraction of sp³-hybridized carbons (Fsp3) is 0.562. The molecule has 1 fully saturated rings. The summed E-state index contributed by atoms with van der Waals surface area (Å²) in [7, 11) is 0. The molecule has 4 nitrogen and oxygen atoms in total. The number of ether oxygens (including phenoxy) is 1. The lowest BCUT2D eigenvalue weighted by Crippen LogP contribution is -2.48. The molecule has 0 bridgehead atoms. The molecule has 5 heteroatoms. The zero-order valence-electron chi connectivity index (χ0n) is 12.5. The van der Waals surface area contributed by atoms with Crippen molar-refractivity contribution < 1.29 is 14.6 Å². The second-order valence-electron chi connectivity index (χ2n) is 5.80. The average Bonchev–Trinajstić information content (AvgIpc) is 2.46. The van der Waals surface area contributed by atoms with E-state index in [1.54, 1.807) is 12.1 Å². The van der Waals surface area contributed by atoms with Crippen LogP contribution in [-0.2, 0) is 9.53 Å². The quantitative estimate of drug-likeness (QED) is 0.903. The Morgan fingerprint density at radius 2 is 2.14 bits per heavy atom. The summed E-state index contributed by atoms with van der Waals surface area (Å²) in [6.07, 6.45) is 2.59. The van der Waals surface area contributed by atoms with E-state index in [0.29, 0.717) is 11.6 Å². The van der Waals surface area contributed by atoms with Crippen molar-refractivity contribution in [3.8, 4) is 0 Å². The van der Waals surface area contributed by atoms with Crippen LogP contribution in [0.4, 0.5) is 5.69 Å². The summed E-state index contributed by atoms with van der Waals surface area (Å²) >= 11 is 5.92. The molecule has 2 rings (SSSR count). The number of halogens is 1. The third kappa shape index (κ3) is 4.11. The molecule has 0 aromatic heterocycles. The number of anilines is 1. The Morgan fingerprint density at radius 1 is 1.48 bits per heavy atom. The fourth-order valence-corrected chi connectivity index (χ4v) is 2.95. The predicted octanol–water partition coefficient (Wildman–Crippen LogP) is 3.58. The first-order chi connectivity index (χ1) is 9.93. The molecule has 0 amide bonds. The first-order valence-electron chi connectivity index (χ1n) is 7.31. The van der Waals surface area contributed by atoms with Crippen LogP contribution < -0.4 is 4.90 Å². The number of rotatable bonds is 5. The monoisotopic (exact) mass is 311 g/mol. The Balaban J connectivity index is 2.23. The van der Waals surface area contributed by atoms with Gasteiger partial charge in [-0.15, -0.1) is 0 Å². The highest BCUT2D eigenvalue weighted by Gasteiger charge is 2.35. The fourth-order valence-electron chi connectivity index (χ4n) is 2.82. The van der Waals surface area contributed by atoms with E-state index < -0.39 is 5.97 Å². The highest BCUT2D eigenvalue weighted by atomic mass is 35.5. The first-order valence-corrected chi connectivity index (χ1v) is 7.69. The molecule has 116 valence electrons. The van der Waals surface area contributed by atoms with Gasteiger partial charge in [0.2, 0.25) is 0 Å². The normalized spacial score (nSPS) is 25.6. The maximum atomic E-state index is 11.2. The van der Waals surface area contributed by atoms with Gasteiger partial charge in [-0.25, -0.2) is 0 Å². The van der Waals surface area contributed by atoms with Gasteiger partial charge in [-0.2, -0.15) is 0 Å². The molecule has 2 unspecified atom stereocenters. The Morgan fingerprint density at radius 3 is 2.71 bits per heavy atom. The lowest BCUT2D eigenvalue weighted by atomic mass is 9.88. The Labute approximate surface area is 130 Å². The molecule has 1 saturated heterocycles. The minimum atomic E-state index is -0.824. The molecule has 2 atom stereocenters. The van der Waals surface area contributed by atoms with Gasteiger partial charge >= 0.3 is 5.97 Å². The molecular weight excluding hydrogens is 290 g/mol. The molecule has 1 aliphatic heterocycles. The molecule has 0 radical (unpaired) electrons. The molecule has 1 aliphatic rings. The number of aliphatic carboxylic acids is 1. The molecule has 1 N–H and O–H groups in total. The minimum Gasteiger partial charge on any atom is -0.480 e. The van der Waals surface area contributed by atoms with Crippen molar-refractivity contribution in [3.63, 3.8) is 0 Å². The van der Waals surface area contributed by atoms with Crippen LogP contribution in [0.2, 0.25) is 5.02 Å². The summed E-state index contributed by atoms with van der Waals surface area (Å²) in [5.74, 6) is -0.824. The summed E-state index contributed by atoms with van der Waals surface area (Å²) in [5.41, 5.74) is 0.721. The number of carboxylic acid groups (broad SMARTS) is 1. The zero-order valence-corrected chi connectivity index (χ0v) is 13.3. The molecular formula is C16H22ClNO3. The highest BCUT2D eigenvalue weighted by molar-refractivity contribution is 6.30. The lowest BCUT2D eigenvalue weighted by Gasteiger charge is -2.43. The number of benzene rings is 1. The number of carbonyl (C=O) groups is 1. The van der Waals surface area contributed by atoms with Gasteiger partial charge in [0, 0.05) is 23.4 Å². The van der Waals surface area contributed by atoms with E-state index in [-0.39, 0.29) is 18.2 Å². The predicted molar refractivity (Wildman–Crippen MR) is 84.1 cm³/mol. The minimum absolute atomic E-state index is 0.00784. The standard InChI is InChI=1S/C16H22ClNO3/c1-3-16(2)10-14(8-9-21-16)18(11-15(19)20)13-6-4-12(17)5-7-13/h4-7,14H,3,8-11H2,1-2H3,(H,19,20). The summed E-state index contributed by atoms with van der Waals surface area (Å²) in [5, 5.41) is 9.87. The van der Waals surface area contributed by atoms with E-state index in [9.17, 15) is 9.90 Å². The van der Waals surface area contributed by atoms with Gasteiger partial charge in [-0.3, -0.25) is 4.79 Å². The van der Waals surface area contributed by atoms with Crippen LogP contribution in [0.15, 0.2) is 24.3 Å². The Kier molecular flexibility index (Phi) is 5.12. The largest absolute Gasteiger partial charge is 0.480 e. The topological polar surface area (TPSA) is 49.8 Å². The summed E-state index contributed by atoms with van der Waals surface area (Å²) in [6, 6.07) is 7.52. The van der Waals surface area contributed by atoms with E-state index in [0.717, 1.165) is 24.9 Å². The van der Waals surface area contributed by atoms with Gasteiger partial charge in [0.05, 0.1) is 5.60 Å². The van der Waals surface area contributed by atoms with Crippen LogP contribution in [0.25, 0.3) is 0 Å². The Hall–Kier alpha value is -1.26. The van der Waals surface area contributed by atoms with E-state index in [1.165, 1.54) is 0 Å². The van der Waals surface area contributed by atoms with Crippen LogP contribution in [0, 0.1) is 0 Å². The Bertz CT molecular complexity index is 491. The van der Waals surface area contributed by atoms with E-state index in [1.807, 2.05) is 17.0 Å². The van der Waals surface area contributed by atoms with Gasteiger partial charge in [-0.05, 0) is 50.5 Å². The number of hydrogen-bond acceptors (Lipinski definition) is 3. The lowest BCUT2D eigenvalue weighted by molar-refractivity contribution is -0.135. The van der Waals surface area contributed by atoms with E-state index in [2.05, 4.69) is 13.8 Å². The van der Waals surface area contributed by atoms with Crippen LogP contribution in [0.3, 0.4) is 0 Å². The molecule has 1 aromatic carbocycles. The maximum absolute atomic E-state index is 11.2. The smallest absolute Gasteiger partial charge is 0.323 e. The SMILES string of the molecule is CCC1(C)CC(N(CC(=O)O)c2ccc(Cl)cc2)CCO1. The highest BCUT2D eigenvalue weighted by Crippen LogP contribution is 2.33. The van der Waals surface area contributed by atoms with Gasteiger partial charge < -0.3 is 14.7 Å². The number of hydrogen-bond donors (Lipinski definition) is 1. The summed E-state index contributed by atoms with van der Waals surface area (Å²) < 4.78 is 5.86. The third-order valence-electron chi connectivity index (χ3n) is 4.22. The summed E-state index contributed by atoms with van der Waals surface area (Å²) in [6.45, 7) is 4.86. The molecule has 0 spiro atoms. The average molecular weight is 312 g/mol. The van der Waals surface area contributed by atoms with Crippen molar-refractivity contribution in [1.82, 2.24) is 0 Å². The van der Waals surface area contributed by atoms with Gasteiger partial charge in [0.1, 0.15) is 6.54 Å². The number of nitrogens with zero attached hydrogens (tertiary/aromatic N) is 1. The van der Waals surface area contributed by atoms with Crippen molar-refractivity contribution in [3.05, 3.63) is 29.3 Å². The van der Waals surface area contributed by atoms with Crippen molar-refractivity contribution >= 4 is 23.3 Å². The van der Waals surface area contributed by atoms with Crippen LogP contribution in [0.5, 0.6) is 0 Å². The first kappa shape index (κ1) is 16.1. The second-order valence-corrected chi connectivity index (χ2v) is 6.23. The molecule has 1 heterocycles. The molecule has 0 saturated carbocycles.